The number of amides is 1. The van der Waals surface area contributed by atoms with Gasteiger partial charge in [0.15, 0.2) is 0 Å². The molecular weight excluding hydrogens is 419 g/mol. The van der Waals surface area contributed by atoms with Crippen LogP contribution in [0.4, 0.5) is 10.3 Å². The van der Waals surface area contributed by atoms with Gasteiger partial charge in [-0.15, -0.1) is 10.2 Å². The molecule has 1 aromatic heterocycles. The van der Waals surface area contributed by atoms with Crippen LogP contribution >= 0.6 is 49.9 Å². The molecule has 0 aliphatic rings. The minimum atomic E-state index is -0.244. The quantitative estimate of drug-likeness (QED) is 0.726. The van der Waals surface area contributed by atoms with Crippen LogP contribution in [0.15, 0.2) is 22.7 Å². The second kappa shape index (κ2) is 5.27. The molecule has 0 saturated heterocycles. The molecule has 8 heteroatoms. The number of anilines is 2. The first-order valence-electron chi connectivity index (χ1n) is 4.41. The topological polar surface area (TPSA) is 80.9 Å². The Labute approximate surface area is 123 Å². The van der Waals surface area contributed by atoms with Crippen LogP contribution in [0.5, 0.6) is 0 Å². The lowest BCUT2D eigenvalue weighted by molar-refractivity contribution is 0.102. The van der Waals surface area contributed by atoms with E-state index in [1.165, 1.54) is 0 Å². The summed E-state index contributed by atoms with van der Waals surface area (Å²) in [6, 6.07) is 5.51. The number of nitrogens with zero attached hydrogens (tertiary/aromatic N) is 2. The highest BCUT2D eigenvalue weighted by Crippen LogP contribution is 2.22. The van der Waals surface area contributed by atoms with Gasteiger partial charge in [-0.2, -0.15) is 0 Å². The highest BCUT2D eigenvalue weighted by atomic mass is 127. The van der Waals surface area contributed by atoms with Crippen molar-refractivity contribution < 1.29 is 4.79 Å². The second-order valence-electron chi connectivity index (χ2n) is 3.02. The minimum absolute atomic E-state index is 0.244. The summed E-state index contributed by atoms with van der Waals surface area (Å²) in [7, 11) is 0. The van der Waals surface area contributed by atoms with Crippen LogP contribution in [0, 0.1) is 3.57 Å². The molecule has 0 bridgehead atoms. The molecule has 0 fully saturated rings. The van der Waals surface area contributed by atoms with Gasteiger partial charge in [-0.25, -0.2) is 0 Å². The SMILES string of the molecule is Nc1nnc(NC(=O)c2cc(I)ccc2Br)s1. The minimum Gasteiger partial charge on any atom is -0.374 e. The zero-order valence-corrected chi connectivity index (χ0v) is 12.8. The number of hydrogen-bond donors (Lipinski definition) is 2. The second-order valence-corrected chi connectivity index (χ2v) is 6.13. The van der Waals surface area contributed by atoms with E-state index >= 15 is 0 Å². The molecule has 0 atom stereocenters. The number of carbonyl (C=O) groups excluding carboxylic acids is 1. The number of aromatic nitrogens is 2. The average Bonchev–Trinajstić information content (AvgIpc) is 2.67. The highest BCUT2D eigenvalue weighted by molar-refractivity contribution is 14.1. The first kappa shape index (κ1) is 12.7. The van der Waals surface area contributed by atoms with Gasteiger partial charge in [0.2, 0.25) is 10.3 Å². The maximum absolute atomic E-state index is 12.0. The lowest BCUT2D eigenvalue weighted by atomic mass is 10.2. The average molecular weight is 425 g/mol. The molecule has 88 valence electrons. The third kappa shape index (κ3) is 3.13. The predicted molar refractivity (Wildman–Crippen MR) is 79.1 cm³/mol. The number of halogens is 2. The molecule has 3 N–H and O–H groups in total. The summed E-state index contributed by atoms with van der Waals surface area (Å²) in [6.07, 6.45) is 0. The van der Waals surface area contributed by atoms with Crippen molar-refractivity contribution in [1.29, 1.82) is 0 Å². The van der Waals surface area contributed by atoms with E-state index in [1.807, 2.05) is 12.1 Å². The molecule has 1 amide bonds. The smallest absolute Gasteiger partial charge is 0.258 e. The molecule has 1 aromatic carbocycles. The van der Waals surface area contributed by atoms with E-state index in [1.54, 1.807) is 6.07 Å². The number of benzene rings is 1. The van der Waals surface area contributed by atoms with Gasteiger partial charge in [0, 0.05) is 8.04 Å². The Hall–Kier alpha value is -0.740. The molecule has 1 heterocycles. The van der Waals surface area contributed by atoms with Gasteiger partial charge in [-0.3, -0.25) is 10.1 Å². The van der Waals surface area contributed by atoms with Crippen LogP contribution in [0.1, 0.15) is 10.4 Å². The maximum atomic E-state index is 12.0. The van der Waals surface area contributed by atoms with Gasteiger partial charge < -0.3 is 5.73 Å². The van der Waals surface area contributed by atoms with Crippen molar-refractivity contribution in [1.82, 2.24) is 10.2 Å². The Morgan fingerprint density at radius 2 is 2.24 bits per heavy atom. The van der Waals surface area contributed by atoms with Gasteiger partial charge >= 0.3 is 0 Å². The van der Waals surface area contributed by atoms with Gasteiger partial charge in [0.25, 0.3) is 5.91 Å². The summed E-state index contributed by atoms with van der Waals surface area (Å²) in [6.45, 7) is 0. The van der Waals surface area contributed by atoms with E-state index in [4.69, 9.17) is 5.73 Å². The Kier molecular flexibility index (Phi) is 3.94. The van der Waals surface area contributed by atoms with E-state index in [9.17, 15) is 4.79 Å². The van der Waals surface area contributed by atoms with E-state index in [2.05, 4.69) is 54.0 Å². The summed E-state index contributed by atoms with van der Waals surface area (Å²) in [4.78, 5) is 12.0. The molecule has 0 aliphatic heterocycles. The lowest BCUT2D eigenvalue weighted by Gasteiger charge is -2.04. The van der Waals surface area contributed by atoms with Crippen LogP contribution in [-0.2, 0) is 0 Å². The predicted octanol–water partition coefficient (Wildman–Crippen LogP) is 2.74. The van der Waals surface area contributed by atoms with Crippen LogP contribution in [0.2, 0.25) is 0 Å². The number of nitrogen functional groups attached to an aromatic ring is 1. The molecule has 0 aliphatic carbocycles. The number of hydrogen-bond acceptors (Lipinski definition) is 5. The standard InChI is InChI=1S/C9H6BrIN4OS/c10-6-2-1-4(11)3-5(6)7(16)13-9-15-14-8(12)17-9/h1-3H,(H2,12,14)(H,13,15,16). The zero-order chi connectivity index (χ0) is 12.4. The van der Waals surface area contributed by atoms with Crippen molar-refractivity contribution in [3.05, 3.63) is 31.8 Å². The first-order chi connectivity index (χ1) is 8.06. The van der Waals surface area contributed by atoms with Crippen LogP contribution in [0.3, 0.4) is 0 Å². The number of carbonyl (C=O) groups is 1. The van der Waals surface area contributed by atoms with Crippen LogP contribution in [0.25, 0.3) is 0 Å². The van der Waals surface area contributed by atoms with Gasteiger partial charge in [0.05, 0.1) is 5.56 Å². The Balaban J connectivity index is 2.22. The maximum Gasteiger partial charge on any atom is 0.258 e. The highest BCUT2D eigenvalue weighted by Gasteiger charge is 2.12. The summed E-state index contributed by atoms with van der Waals surface area (Å²) >= 11 is 6.60. The molecule has 2 rings (SSSR count). The fourth-order valence-corrected chi connectivity index (χ4v) is 2.54. The van der Waals surface area contributed by atoms with Crippen LogP contribution < -0.4 is 11.1 Å². The third-order valence-corrected chi connectivity index (χ3v) is 3.86. The van der Waals surface area contributed by atoms with Crippen molar-refractivity contribution >= 4 is 66.0 Å². The monoisotopic (exact) mass is 424 g/mol. The zero-order valence-electron chi connectivity index (χ0n) is 8.28. The molecule has 0 radical (unpaired) electrons. The Morgan fingerprint density at radius 1 is 1.47 bits per heavy atom. The third-order valence-electron chi connectivity index (χ3n) is 1.83. The molecule has 17 heavy (non-hydrogen) atoms. The number of rotatable bonds is 2. The number of nitrogens with two attached hydrogens (primary N) is 1. The first-order valence-corrected chi connectivity index (χ1v) is 7.10. The summed E-state index contributed by atoms with van der Waals surface area (Å²) in [5.74, 6) is -0.244. The van der Waals surface area contributed by atoms with Gasteiger partial charge in [0.1, 0.15) is 0 Å². The number of nitrogens with one attached hydrogen (secondary N) is 1. The molecule has 5 nitrogen and oxygen atoms in total. The van der Waals surface area contributed by atoms with Gasteiger partial charge in [-0.1, -0.05) is 11.3 Å². The van der Waals surface area contributed by atoms with Gasteiger partial charge in [-0.05, 0) is 56.7 Å². The van der Waals surface area contributed by atoms with E-state index in [0.717, 1.165) is 19.4 Å². The summed E-state index contributed by atoms with van der Waals surface area (Å²) < 4.78 is 1.71. The Bertz CT molecular complexity index is 574. The van der Waals surface area contributed by atoms with Crippen molar-refractivity contribution in [2.45, 2.75) is 0 Å². The van der Waals surface area contributed by atoms with E-state index in [0.29, 0.717) is 15.8 Å². The summed E-state index contributed by atoms with van der Waals surface area (Å²) in [5, 5.41) is 10.7. The largest absolute Gasteiger partial charge is 0.374 e. The molecule has 0 unspecified atom stereocenters. The lowest BCUT2D eigenvalue weighted by Crippen LogP contribution is -2.12. The van der Waals surface area contributed by atoms with Crippen molar-refractivity contribution in [2.24, 2.45) is 0 Å². The normalized spacial score (nSPS) is 10.2. The fourth-order valence-electron chi connectivity index (χ4n) is 1.12. The van der Waals surface area contributed by atoms with Crippen molar-refractivity contribution in [3.8, 4) is 0 Å². The molecule has 0 spiro atoms. The Morgan fingerprint density at radius 3 is 2.88 bits per heavy atom. The van der Waals surface area contributed by atoms with Crippen LogP contribution in [-0.4, -0.2) is 16.1 Å². The molecule has 0 saturated carbocycles. The molecular formula is C9H6BrIN4OS. The molecule has 2 aromatic rings. The van der Waals surface area contributed by atoms with E-state index < -0.39 is 0 Å². The van der Waals surface area contributed by atoms with Crippen molar-refractivity contribution in [3.63, 3.8) is 0 Å². The fraction of sp³-hybridized carbons (Fsp3) is 0. The van der Waals surface area contributed by atoms with E-state index in [-0.39, 0.29) is 5.91 Å². The summed E-state index contributed by atoms with van der Waals surface area (Å²) in [5.41, 5.74) is 5.98. The van der Waals surface area contributed by atoms with Crippen molar-refractivity contribution in [2.75, 3.05) is 11.1 Å².